The van der Waals surface area contributed by atoms with E-state index in [1.54, 1.807) is 24.3 Å². The van der Waals surface area contributed by atoms with Crippen LogP contribution in [0, 0.1) is 0 Å². The molecule has 0 amide bonds. The van der Waals surface area contributed by atoms with Crippen molar-refractivity contribution in [3.05, 3.63) is 47.6 Å². The zero-order valence-electron chi connectivity index (χ0n) is 13.7. The topological polar surface area (TPSA) is 96.5 Å². The second-order valence-corrected chi connectivity index (χ2v) is 8.44. The first-order valence-corrected chi connectivity index (χ1v) is 9.49. The first-order chi connectivity index (χ1) is 11.3. The van der Waals surface area contributed by atoms with Gasteiger partial charge in [0.2, 0.25) is 10.0 Å². The number of sulfonamides is 1. The third-order valence-corrected chi connectivity index (χ3v) is 5.95. The molecule has 0 spiro atoms. The van der Waals surface area contributed by atoms with Crippen LogP contribution in [0.4, 0.5) is 0 Å². The molecule has 1 aliphatic heterocycles. The van der Waals surface area contributed by atoms with Gasteiger partial charge in [-0.15, -0.1) is 0 Å². The number of hydrogen-bond donors (Lipinski definition) is 1. The van der Waals surface area contributed by atoms with Crippen LogP contribution in [-0.4, -0.2) is 41.1 Å². The number of aromatic nitrogens is 2. The van der Waals surface area contributed by atoms with Gasteiger partial charge in [0, 0.05) is 18.9 Å². The van der Waals surface area contributed by atoms with E-state index in [-0.39, 0.29) is 37.1 Å². The summed E-state index contributed by atoms with van der Waals surface area (Å²) in [5.41, 5.74) is -0.711. The van der Waals surface area contributed by atoms with E-state index in [0.717, 1.165) is 0 Å². The Hall–Kier alpha value is -1.77. The second kappa shape index (κ2) is 6.27. The smallest absolute Gasteiger partial charge is 0.260 e. The van der Waals surface area contributed by atoms with Gasteiger partial charge in [0.1, 0.15) is 0 Å². The number of hydrogen-bond acceptors (Lipinski definition) is 6. The summed E-state index contributed by atoms with van der Waals surface area (Å²) < 4.78 is 31.6. The molecule has 8 heteroatoms. The fourth-order valence-corrected chi connectivity index (χ4v) is 4.28. The summed E-state index contributed by atoms with van der Waals surface area (Å²) in [5.74, 6) is 0.573. The van der Waals surface area contributed by atoms with Crippen molar-refractivity contribution in [1.29, 1.82) is 0 Å². The molecule has 0 bridgehead atoms. The van der Waals surface area contributed by atoms with Gasteiger partial charge in [0.05, 0.1) is 12.3 Å². The van der Waals surface area contributed by atoms with Crippen LogP contribution in [0.3, 0.4) is 0 Å². The fourth-order valence-electron chi connectivity index (χ4n) is 2.71. The average molecular weight is 351 g/mol. The minimum Gasteiger partial charge on any atom is -0.379 e. The lowest BCUT2D eigenvalue weighted by Gasteiger charge is -2.19. The van der Waals surface area contributed by atoms with Crippen molar-refractivity contribution in [3.63, 3.8) is 0 Å². The van der Waals surface area contributed by atoms with Crippen molar-refractivity contribution in [2.24, 2.45) is 0 Å². The minimum atomic E-state index is -3.52. The van der Waals surface area contributed by atoms with Gasteiger partial charge in [-0.3, -0.25) is 0 Å². The van der Waals surface area contributed by atoms with E-state index in [4.69, 9.17) is 4.52 Å². The molecule has 1 unspecified atom stereocenters. The summed E-state index contributed by atoms with van der Waals surface area (Å²) in [4.78, 5) is 4.21. The third-order valence-electron chi connectivity index (χ3n) is 4.15. The van der Waals surface area contributed by atoms with Crippen molar-refractivity contribution in [2.45, 2.75) is 37.5 Å². The molecule has 0 saturated carbocycles. The molecule has 130 valence electrons. The first-order valence-electron chi connectivity index (χ1n) is 7.88. The molecule has 0 aliphatic carbocycles. The maximum absolute atomic E-state index is 12.6. The predicted octanol–water partition coefficient (Wildman–Crippen LogP) is 1.62. The zero-order chi connectivity index (χ0) is 17.4. The molecule has 1 N–H and O–H groups in total. The summed E-state index contributed by atoms with van der Waals surface area (Å²) in [6.45, 7) is 4.00. The number of aliphatic hydroxyl groups is 1. The lowest BCUT2D eigenvalue weighted by molar-refractivity contribution is 0.0194. The van der Waals surface area contributed by atoms with Crippen LogP contribution in [0.2, 0.25) is 0 Å². The SMILES string of the molecule is CC(C)c1noc(C2(O)CCN(S(=O)(=O)Cc3ccccc3)C2)n1. The van der Waals surface area contributed by atoms with Gasteiger partial charge in [0.15, 0.2) is 11.4 Å². The molecule has 1 fully saturated rings. The van der Waals surface area contributed by atoms with Crippen LogP contribution >= 0.6 is 0 Å². The molecule has 7 nitrogen and oxygen atoms in total. The van der Waals surface area contributed by atoms with Crippen molar-refractivity contribution in [3.8, 4) is 0 Å². The molecule has 2 aromatic rings. The fraction of sp³-hybridized carbons (Fsp3) is 0.500. The normalized spacial score (nSPS) is 22.3. The van der Waals surface area contributed by atoms with Gasteiger partial charge in [-0.25, -0.2) is 8.42 Å². The molecule has 1 aromatic heterocycles. The van der Waals surface area contributed by atoms with E-state index in [9.17, 15) is 13.5 Å². The Labute approximate surface area is 141 Å². The van der Waals surface area contributed by atoms with E-state index >= 15 is 0 Å². The Kier molecular flexibility index (Phi) is 4.46. The van der Waals surface area contributed by atoms with Crippen LogP contribution < -0.4 is 0 Å². The van der Waals surface area contributed by atoms with Crippen LogP contribution in [0.1, 0.15) is 43.5 Å². The summed E-state index contributed by atoms with van der Waals surface area (Å²) in [6, 6.07) is 8.99. The monoisotopic (exact) mass is 351 g/mol. The van der Waals surface area contributed by atoms with Crippen LogP contribution in [-0.2, 0) is 21.4 Å². The van der Waals surface area contributed by atoms with E-state index in [1.165, 1.54) is 4.31 Å². The quantitative estimate of drug-likeness (QED) is 0.879. The van der Waals surface area contributed by atoms with Crippen LogP contribution in [0.25, 0.3) is 0 Å². The zero-order valence-corrected chi connectivity index (χ0v) is 14.5. The summed E-state index contributed by atoms with van der Waals surface area (Å²) in [7, 11) is -3.52. The van der Waals surface area contributed by atoms with E-state index in [2.05, 4.69) is 10.1 Å². The summed E-state index contributed by atoms with van der Waals surface area (Å²) in [6.07, 6.45) is 0.237. The second-order valence-electron chi connectivity index (χ2n) is 6.47. The Morgan fingerprint density at radius 3 is 2.67 bits per heavy atom. The van der Waals surface area contributed by atoms with Crippen LogP contribution in [0.5, 0.6) is 0 Å². The first kappa shape index (κ1) is 17.1. The minimum absolute atomic E-state index is 0.0676. The lowest BCUT2D eigenvalue weighted by atomic mass is 10.0. The van der Waals surface area contributed by atoms with Crippen molar-refractivity contribution in [1.82, 2.24) is 14.4 Å². The number of rotatable bonds is 5. The molecule has 1 atom stereocenters. The maximum atomic E-state index is 12.6. The number of nitrogens with zero attached hydrogens (tertiary/aromatic N) is 3. The van der Waals surface area contributed by atoms with Gasteiger partial charge in [0.25, 0.3) is 5.89 Å². The van der Waals surface area contributed by atoms with E-state index in [0.29, 0.717) is 11.4 Å². The lowest BCUT2D eigenvalue weighted by Crippen LogP contribution is -2.35. The highest BCUT2D eigenvalue weighted by molar-refractivity contribution is 7.88. The molecule has 3 rings (SSSR count). The van der Waals surface area contributed by atoms with Gasteiger partial charge in [-0.1, -0.05) is 49.3 Å². The van der Waals surface area contributed by atoms with Crippen molar-refractivity contribution >= 4 is 10.0 Å². The van der Waals surface area contributed by atoms with Gasteiger partial charge >= 0.3 is 0 Å². The molecule has 24 heavy (non-hydrogen) atoms. The molecule has 1 aliphatic rings. The molecular weight excluding hydrogens is 330 g/mol. The summed E-state index contributed by atoms with van der Waals surface area (Å²) >= 11 is 0. The Balaban J connectivity index is 1.76. The molecule has 2 heterocycles. The Morgan fingerprint density at radius 1 is 1.33 bits per heavy atom. The van der Waals surface area contributed by atoms with Gasteiger partial charge in [-0.2, -0.15) is 9.29 Å². The van der Waals surface area contributed by atoms with E-state index in [1.807, 2.05) is 19.9 Å². The highest BCUT2D eigenvalue weighted by atomic mass is 32.2. The molecular formula is C16H21N3O4S. The predicted molar refractivity (Wildman–Crippen MR) is 87.5 cm³/mol. The van der Waals surface area contributed by atoms with Crippen LogP contribution in [0.15, 0.2) is 34.9 Å². The Morgan fingerprint density at radius 2 is 2.04 bits per heavy atom. The molecule has 1 saturated heterocycles. The number of β-amino-alcohol motifs (C(OH)–C–C–N with tert-alkyl or cyclic N) is 1. The van der Waals surface area contributed by atoms with Crippen molar-refractivity contribution in [2.75, 3.05) is 13.1 Å². The average Bonchev–Trinajstić information content (AvgIpc) is 3.16. The Bertz CT molecular complexity index is 804. The number of benzene rings is 1. The standard InChI is InChI=1S/C16H21N3O4S/c1-12(2)14-17-15(23-18-14)16(20)8-9-19(11-16)24(21,22)10-13-6-4-3-5-7-13/h3-7,12,20H,8-11H2,1-2H3. The van der Waals surface area contributed by atoms with Gasteiger partial charge in [-0.05, 0) is 5.56 Å². The largest absolute Gasteiger partial charge is 0.379 e. The van der Waals surface area contributed by atoms with Crippen molar-refractivity contribution < 1.29 is 18.0 Å². The van der Waals surface area contributed by atoms with Gasteiger partial charge < -0.3 is 9.63 Å². The maximum Gasteiger partial charge on any atom is 0.260 e. The highest BCUT2D eigenvalue weighted by Crippen LogP contribution is 2.33. The third kappa shape index (κ3) is 3.35. The molecule has 0 radical (unpaired) electrons. The summed E-state index contributed by atoms with van der Waals surface area (Å²) in [5, 5.41) is 14.6. The molecule has 1 aromatic carbocycles. The highest BCUT2D eigenvalue weighted by Gasteiger charge is 2.46. The van der Waals surface area contributed by atoms with E-state index < -0.39 is 15.6 Å².